The van der Waals surface area contributed by atoms with Gasteiger partial charge >= 0.3 is 6.18 Å². The predicted octanol–water partition coefficient (Wildman–Crippen LogP) is 2.90. The third kappa shape index (κ3) is 2.51. The van der Waals surface area contributed by atoms with Crippen molar-refractivity contribution in [3.05, 3.63) is 36.0 Å². The first-order valence-electron chi connectivity index (χ1n) is 4.97. The summed E-state index contributed by atoms with van der Waals surface area (Å²) in [5.74, 6) is 0.229. The monoisotopic (exact) mass is 258 g/mol. The Balaban J connectivity index is 2.43. The fourth-order valence-corrected chi connectivity index (χ4v) is 1.45. The van der Waals surface area contributed by atoms with Crippen LogP contribution in [0.25, 0.3) is 11.5 Å². The molecule has 4 nitrogen and oxygen atoms in total. The molecule has 0 aliphatic heterocycles. The van der Waals surface area contributed by atoms with E-state index in [9.17, 15) is 13.2 Å². The van der Waals surface area contributed by atoms with Crippen molar-refractivity contribution in [2.75, 3.05) is 7.11 Å². The molecule has 0 spiro atoms. The van der Waals surface area contributed by atoms with Gasteiger partial charge in [0.15, 0.2) is 5.76 Å². The third-order valence-electron chi connectivity index (χ3n) is 2.20. The molecule has 2 aromatic heterocycles. The van der Waals surface area contributed by atoms with Crippen LogP contribution in [0.1, 0.15) is 11.3 Å². The van der Waals surface area contributed by atoms with Crippen LogP contribution in [0.15, 0.2) is 29.1 Å². The lowest BCUT2D eigenvalue weighted by Crippen LogP contribution is -2.07. The lowest BCUT2D eigenvalue weighted by atomic mass is 10.1. The summed E-state index contributed by atoms with van der Waals surface area (Å²) in [6, 6.07) is 0.884. The zero-order chi connectivity index (χ0) is 13.2. The van der Waals surface area contributed by atoms with Crippen LogP contribution in [-0.4, -0.2) is 17.1 Å². The second-order valence-corrected chi connectivity index (χ2v) is 3.48. The maximum Gasteiger partial charge on any atom is 0.417 e. The Morgan fingerprint density at radius 3 is 2.78 bits per heavy atom. The second kappa shape index (κ2) is 4.77. The smallest absolute Gasteiger partial charge is 0.417 e. The van der Waals surface area contributed by atoms with Gasteiger partial charge in [0.2, 0.25) is 5.89 Å². The molecule has 0 radical (unpaired) electrons. The number of oxazole rings is 1. The van der Waals surface area contributed by atoms with Gasteiger partial charge in [-0.3, -0.25) is 4.98 Å². The van der Waals surface area contributed by atoms with Crippen molar-refractivity contribution < 1.29 is 22.3 Å². The standard InChI is InChI=1S/C11H9F3N2O2/c1-17-6-7-4-16-10(18-7)8-5-15-3-2-9(8)11(12,13)14/h2-5H,6H2,1H3. The van der Waals surface area contributed by atoms with Gasteiger partial charge in [0.05, 0.1) is 17.3 Å². The van der Waals surface area contributed by atoms with Crippen molar-refractivity contribution in [1.82, 2.24) is 9.97 Å². The molecule has 0 amide bonds. The molecule has 0 saturated carbocycles. The highest BCUT2D eigenvalue weighted by molar-refractivity contribution is 5.58. The van der Waals surface area contributed by atoms with Gasteiger partial charge in [-0.2, -0.15) is 13.2 Å². The summed E-state index contributed by atoms with van der Waals surface area (Å²) in [5, 5.41) is 0. The van der Waals surface area contributed by atoms with Crippen molar-refractivity contribution in [2.45, 2.75) is 12.8 Å². The zero-order valence-electron chi connectivity index (χ0n) is 9.36. The van der Waals surface area contributed by atoms with Gasteiger partial charge in [0, 0.05) is 19.5 Å². The number of ether oxygens (including phenoxy) is 1. The number of rotatable bonds is 3. The van der Waals surface area contributed by atoms with E-state index in [1.807, 2.05) is 0 Å². The molecule has 0 aliphatic carbocycles. The fraction of sp³-hybridized carbons (Fsp3) is 0.273. The van der Waals surface area contributed by atoms with Crippen LogP contribution < -0.4 is 0 Å². The number of aromatic nitrogens is 2. The number of methoxy groups -OCH3 is 1. The number of pyridine rings is 1. The first-order valence-corrected chi connectivity index (χ1v) is 4.97. The molecule has 0 bridgehead atoms. The Kier molecular flexibility index (Phi) is 3.33. The highest BCUT2D eigenvalue weighted by Gasteiger charge is 2.34. The van der Waals surface area contributed by atoms with Crippen molar-refractivity contribution in [3.63, 3.8) is 0 Å². The second-order valence-electron chi connectivity index (χ2n) is 3.48. The van der Waals surface area contributed by atoms with Crippen LogP contribution in [0.3, 0.4) is 0 Å². The minimum absolute atomic E-state index is 0.123. The molecule has 7 heteroatoms. The molecule has 0 aliphatic rings. The molecule has 0 fully saturated rings. The van der Waals surface area contributed by atoms with Gasteiger partial charge in [0.25, 0.3) is 0 Å². The highest BCUT2D eigenvalue weighted by atomic mass is 19.4. The van der Waals surface area contributed by atoms with Crippen LogP contribution >= 0.6 is 0 Å². The number of halogens is 3. The Morgan fingerprint density at radius 1 is 1.33 bits per heavy atom. The van der Waals surface area contributed by atoms with E-state index >= 15 is 0 Å². The quantitative estimate of drug-likeness (QED) is 0.849. The van der Waals surface area contributed by atoms with E-state index in [0.29, 0.717) is 5.76 Å². The van der Waals surface area contributed by atoms with Crippen LogP contribution in [-0.2, 0) is 17.5 Å². The SMILES string of the molecule is COCc1cnc(-c2cnccc2C(F)(F)F)o1. The van der Waals surface area contributed by atoms with Gasteiger partial charge in [-0.1, -0.05) is 0 Å². The summed E-state index contributed by atoms with van der Waals surface area (Å²) in [6.07, 6.45) is -1.00. The molecule has 2 heterocycles. The molecule has 96 valence electrons. The van der Waals surface area contributed by atoms with E-state index in [0.717, 1.165) is 18.5 Å². The van der Waals surface area contributed by atoms with E-state index < -0.39 is 11.7 Å². The molecule has 0 N–H and O–H groups in total. The molecular weight excluding hydrogens is 249 g/mol. The maximum absolute atomic E-state index is 12.8. The third-order valence-corrected chi connectivity index (χ3v) is 2.20. The van der Waals surface area contributed by atoms with Crippen molar-refractivity contribution in [1.29, 1.82) is 0 Å². The van der Waals surface area contributed by atoms with Crippen LogP contribution in [0, 0.1) is 0 Å². The Labute approximate surface area is 100 Å². The van der Waals surface area contributed by atoms with Crippen LogP contribution in [0.2, 0.25) is 0 Å². The van der Waals surface area contributed by atoms with E-state index in [1.165, 1.54) is 13.3 Å². The normalized spacial score (nSPS) is 11.8. The highest BCUT2D eigenvalue weighted by Crippen LogP contribution is 2.36. The number of hydrogen-bond donors (Lipinski definition) is 0. The summed E-state index contributed by atoms with van der Waals surface area (Å²) in [7, 11) is 1.45. The van der Waals surface area contributed by atoms with Crippen LogP contribution in [0.5, 0.6) is 0 Å². The van der Waals surface area contributed by atoms with E-state index in [1.54, 1.807) is 0 Å². The minimum Gasteiger partial charge on any atom is -0.439 e. The van der Waals surface area contributed by atoms with Gasteiger partial charge < -0.3 is 9.15 Å². The number of hydrogen-bond acceptors (Lipinski definition) is 4. The molecule has 0 unspecified atom stereocenters. The van der Waals surface area contributed by atoms with Crippen molar-refractivity contribution in [3.8, 4) is 11.5 Å². The number of nitrogens with zero attached hydrogens (tertiary/aromatic N) is 2. The summed E-state index contributed by atoms with van der Waals surface area (Å²) in [4.78, 5) is 7.45. The summed E-state index contributed by atoms with van der Waals surface area (Å²) >= 11 is 0. The van der Waals surface area contributed by atoms with Gasteiger partial charge in [0.1, 0.15) is 6.61 Å². The minimum atomic E-state index is -4.48. The van der Waals surface area contributed by atoms with Crippen LogP contribution in [0.4, 0.5) is 13.2 Å². The summed E-state index contributed by atoms with van der Waals surface area (Å²) < 4.78 is 48.3. The lowest BCUT2D eigenvalue weighted by Gasteiger charge is -2.09. The average Bonchev–Trinajstić information content (AvgIpc) is 2.77. The summed E-state index contributed by atoms with van der Waals surface area (Å²) in [6.45, 7) is 0.147. The van der Waals surface area contributed by atoms with Gasteiger partial charge in [-0.25, -0.2) is 4.98 Å². The Bertz CT molecular complexity index is 537. The maximum atomic E-state index is 12.8. The Hall–Kier alpha value is -1.89. The molecule has 0 aromatic carbocycles. The molecule has 2 aromatic rings. The van der Waals surface area contributed by atoms with E-state index in [-0.39, 0.29) is 18.1 Å². The Morgan fingerprint density at radius 2 is 2.11 bits per heavy atom. The molecular formula is C11H9F3N2O2. The first kappa shape index (κ1) is 12.6. The largest absolute Gasteiger partial charge is 0.439 e. The zero-order valence-corrected chi connectivity index (χ0v) is 9.36. The molecule has 18 heavy (non-hydrogen) atoms. The predicted molar refractivity (Wildman–Crippen MR) is 55.4 cm³/mol. The van der Waals surface area contributed by atoms with Gasteiger partial charge in [-0.05, 0) is 6.07 Å². The lowest BCUT2D eigenvalue weighted by molar-refractivity contribution is -0.137. The topological polar surface area (TPSA) is 48.2 Å². The summed E-state index contributed by atoms with van der Waals surface area (Å²) in [5.41, 5.74) is -1.02. The fourth-order valence-electron chi connectivity index (χ4n) is 1.45. The molecule has 0 saturated heterocycles. The molecule has 2 rings (SSSR count). The average molecular weight is 258 g/mol. The van der Waals surface area contributed by atoms with E-state index in [4.69, 9.17) is 9.15 Å². The first-order chi connectivity index (χ1) is 8.52. The van der Waals surface area contributed by atoms with E-state index in [2.05, 4.69) is 9.97 Å². The van der Waals surface area contributed by atoms with Crippen molar-refractivity contribution >= 4 is 0 Å². The number of alkyl halides is 3. The van der Waals surface area contributed by atoms with Gasteiger partial charge in [-0.15, -0.1) is 0 Å². The van der Waals surface area contributed by atoms with Crippen molar-refractivity contribution in [2.24, 2.45) is 0 Å². The molecule has 0 atom stereocenters.